The fourth-order valence-corrected chi connectivity index (χ4v) is 7.48. The van der Waals surface area contributed by atoms with Crippen molar-refractivity contribution in [3.63, 3.8) is 0 Å². The average Bonchev–Trinajstić information content (AvgIpc) is 3.24. The van der Waals surface area contributed by atoms with Crippen LogP contribution in [0.15, 0.2) is 175 Å². The molecule has 0 saturated heterocycles. The predicted octanol–water partition coefficient (Wildman–Crippen LogP) is 14.5. The lowest BCUT2D eigenvalue weighted by atomic mass is 9.85. The van der Waals surface area contributed by atoms with Gasteiger partial charge in [-0.15, -0.1) is 0 Å². The summed E-state index contributed by atoms with van der Waals surface area (Å²) in [4.78, 5) is 2.41. The van der Waals surface area contributed by atoms with Crippen molar-refractivity contribution in [2.45, 2.75) is 53.9 Å². The summed E-state index contributed by atoms with van der Waals surface area (Å²) in [6.45, 7) is 11.2. The van der Waals surface area contributed by atoms with Crippen molar-refractivity contribution in [3.8, 4) is 44.5 Å². The molecule has 0 aliphatic heterocycles. The molecule has 266 valence electrons. The molecule has 2 heteroatoms. The van der Waals surface area contributed by atoms with E-state index in [4.69, 9.17) is 5.73 Å². The third-order valence-electron chi connectivity index (χ3n) is 9.85. The summed E-state index contributed by atoms with van der Waals surface area (Å²) < 4.78 is 0. The molecule has 7 aromatic rings. The third-order valence-corrected chi connectivity index (χ3v) is 9.85. The molecule has 2 nitrogen and oxygen atoms in total. The maximum absolute atomic E-state index is 6.47. The van der Waals surface area contributed by atoms with Crippen LogP contribution in [0.1, 0.15) is 53.9 Å². The Morgan fingerprint density at radius 1 is 0.472 bits per heavy atom. The molecule has 8 rings (SSSR count). The molecule has 2 N–H and O–H groups in total. The minimum absolute atomic E-state index is 0.880. The van der Waals surface area contributed by atoms with Gasteiger partial charge in [0.1, 0.15) is 0 Å². The van der Waals surface area contributed by atoms with E-state index in [-0.39, 0.29) is 0 Å². The van der Waals surface area contributed by atoms with Crippen molar-refractivity contribution in [1.82, 2.24) is 0 Å². The summed E-state index contributed by atoms with van der Waals surface area (Å²) in [5.41, 5.74) is 19.7. The van der Waals surface area contributed by atoms with Gasteiger partial charge < -0.3 is 10.6 Å². The van der Waals surface area contributed by atoms with E-state index in [1.807, 2.05) is 27.7 Å². The van der Waals surface area contributed by atoms with Crippen molar-refractivity contribution in [1.29, 1.82) is 0 Å². The van der Waals surface area contributed by atoms with Gasteiger partial charge in [0.15, 0.2) is 0 Å². The van der Waals surface area contributed by atoms with Gasteiger partial charge in [0.25, 0.3) is 0 Å². The van der Waals surface area contributed by atoms with Crippen LogP contribution < -0.4 is 10.6 Å². The molecule has 1 aliphatic carbocycles. The number of hydrogen-bond acceptors (Lipinski definition) is 2. The molecule has 0 radical (unpaired) electrons. The molecular weight excluding hydrogens is 641 g/mol. The smallest absolute Gasteiger partial charge is 0.0509 e. The molecule has 53 heavy (non-hydrogen) atoms. The maximum Gasteiger partial charge on any atom is 0.0509 e. The maximum atomic E-state index is 6.47. The number of allylic oxidation sites excluding steroid dienone is 3. The average molecular weight is 693 g/mol. The lowest BCUT2D eigenvalue weighted by Gasteiger charge is -2.30. The topological polar surface area (TPSA) is 29.3 Å². The van der Waals surface area contributed by atoms with E-state index in [0.29, 0.717) is 0 Å². The summed E-state index contributed by atoms with van der Waals surface area (Å²) in [6.07, 6.45) is 7.30. The molecule has 0 aromatic heterocycles. The van der Waals surface area contributed by atoms with Gasteiger partial charge in [-0.25, -0.2) is 0 Å². The molecule has 0 unspecified atom stereocenters. The third kappa shape index (κ3) is 7.69. The van der Waals surface area contributed by atoms with Gasteiger partial charge in [-0.3, -0.25) is 0 Å². The van der Waals surface area contributed by atoms with Crippen LogP contribution in [-0.2, 0) is 0 Å². The Hall–Kier alpha value is -5.86. The second-order valence-electron chi connectivity index (χ2n) is 12.9. The van der Waals surface area contributed by atoms with Gasteiger partial charge in [0.2, 0.25) is 0 Å². The Morgan fingerprint density at radius 3 is 1.26 bits per heavy atom. The van der Waals surface area contributed by atoms with E-state index >= 15 is 0 Å². The van der Waals surface area contributed by atoms with Crippen molar-refractivity contribution < 1.29 is 0 Å². The van der Waals surface area contributed by atoms with Crippen LogP contribution >= 0.6 is 0 Å². The number of benzene rings is 7. The van der Waals surface area contributed by atoms with Gasteiger partial charge in [0.05, 0.1) is 5.70 Å². The van der Waals surface area contributed by atoms with Crippen LogP contribution in [0.2, 0.25) is 0 Å². The highest BCUT2D eigenvalue weighted by molar-refractivity contribution is 6.21. The Balaban J connectivity index is 0.00000116. The zero-order chi connectivity index (χ0) is 37.2. The number of rotatable bonds is 8. The molecule has 0 fully saturated rings. The standard InChI is InChI=1S/C47H40N2.2C2H6/c1-2-32-49(45-19-11-10-18-44(45)48)39-30-28-38(29-31-39)47-42-16-8-6-14-40(42)46(41-15-7-9-17-43(41)47)37-26-24-36(25-27-37)35-22-20-34(21-23-35)33-12-4-3-5-13-33;2*1-2/h3-10,12-18,20-31H,2,11,19,32,48H2,1H3;2*1-2H3. The molecule has 0 atom stereocenters. The van der Waals surface area contributed by atoms with Crippen LogP contribution in [0.25, 0.3) is 66.1 Å². The number of nitrogens with zero attached hydrogens (tertiary/aromatic N) is 1. The normalized spacial score (nSPS) is 12.2. The minimum Gasteiger partial charge on any atom is -0.397 e. The summed E-state index contributed by atoms with van der Waals surface area (Å²) in [5.74, 6) is 0. The van der Waals surface area contributed by atoms with E-state index < -0.39 is 0 Å². The van der Waals surface area contributed by atoms with Crippen LogP contribution in [0.5, 0.6) is 0 Å². The lowest BCUT2D eigenvalue weighted by Crippen LogP contribution is -2.27. The predicted molar refractivity (Wildman–Crippen MR) is 233 cm³/mol. The molecule has 0 amide bonds. The first-order valence-corrected chi connectivity index (χ1v) is 19.4. The zero-order valence-corrected chi connectivity index (χ0v) is 31.9. The molecule has 1 aliphatic rings. The summed E-state index contributed by atoms with van der Waals surface area (Å²) in [7, 11) is 0. The Labute approximate surface area is 316 Å². The molecular formula is C51H52N2. The van der Waals surface area contributed by atoms with Gasteiger partial charge >= 0.3 is 0 Å². The highest BCUT2D eigenvalue weighted by atomic mass is 15.1. The largest absolute Gasteiger partial charge is 0.397 e. The molecule has 0 saturated carbocycles. The fourth-order valence-electron chi connectivity index (χ4n) is 7.48. The van der Waals surface area contributed by atoms with Gasteiger partial charge in [0, 0.05) is 17.9 Å². The Bertz CT molecular complexity index is 2250. The first-order chi connectivity index (χ1) is 26.2. The van der Waals surface area contributed by atoms with E-state index in [1.165, 1.54) is 77.4 Å². The molecule has 0 spiro atoms. The molecule has 7 aromatic carbocycles. The zero-order valence-electron chi connectivity index (χ0n) is 31.9. The quantitative estimate of drug-likeness (QED) is 0.161. The van der Waals surface area contributed by atoms with Gasteiger partial charge in [-0.2, -0.15) is 0 Å². The number of nitrogens with two attached hydrogens (primary N) is 1. The Morgan fingerprint density at radius 2 is 0.849 bits per heavy atom. The van der Waals surface area contributed by atoms with Crippen molar-refractivity contribution >= 4 is 27.2 Å². The molecule has 0 bridgehead atoms. The Kier molecular flexibility index (Phi) is 12.2. The summed E-state index contributed by atoms with van der Waals surface area (Å²) in [5, 5.41) is 5.05. The van der Waals surface area contributed by atoms with E-state index in [0.717, 1.165) is 31.5 Å². The van der Waals surface area contributed by atoms with Crippen LogP contribution in [0.3, 0.4) is 0 Å². The number of anilines is 1. The van der Waals surface area contributed by atoms with E-state index in [1.54, 1.807) is 0 Å². The van der Waals surface area contributed by atoms with Crippen LogP contribution in [-0.4, -0.2) is 6.54 Å². The highest BCUT2D eigenvalue weighted by Gasteiger charge is 2.19. The summed E-state index contributed by atoms with van der Waals surface area (Å²) in [6, 6.07) is 55.4. The first kappa shape index (κ1) is 36.9. The number of hydrogen-bond donors (Lipinski definition) is 1. The second-order valence-corrected chi connectivity index (χ2v) is 12.9. The monoisotopic (exact) mass is 692 g/mol. The lowest BCUT2D eigenvalue weighted by molar-refractivity contribution is 0.782. The van der Waals surface area contributed by atoms with E-state index in [9.17, 15) is 0 Å². The van der Waals surface area contributed by atoms with Crippen LogP contribution in [0.4, 0.5) is 5.69 Å². The minimum atomic E-state index is 0.880. The SMILES string of the molecule is CC.CC.CCCN(C1=C(N)C=CCC1)c1ccc(-c2c3ccccc3c(-c3ccc(-c4ccc(-c5ccccc5)cc4)cc3)c3ccccc23)cc1. The van der Waals surface area contributed by atoms with Gasteiger partial charge in [-0.05, 0) is 104 Å². The van der Waals surface area contributed by atoms with Crippen molar-refractivity contribution in [3.05, 3.63) is 175 Å². The molecule has 0 heterocycles. The van der Waals surface area contributed by atoms with E-state index in [2.05, 4.69) is 176 Å². The second kappa shape index (κ2) is 17.6. The first-order valence-electron chi connectivity index (χ1n) is 19.4. The van der Waals surface area contributed by atoms with Crippen molar-refractivity contribution in [2.24, 2.45) is 5.73 Å². The summed E-state index contributed by atoms with van der Waals surface area (Å²) >= 11 is 0. The van der Waals surface area contributed by atoms with Gasteiger partial charge in [-0.1, -0.05) is 180 Å². The van der Waals surface area contributed by atoms with Crippen molar-refractivity contribution in [2.75, 3.05) is 11.4 Å². The van der Waals surface area contributed by atoms with Crippen LogP contribution in [0, 0.1) is 0 Å². The fraction of sp³-hybridized carbons (Fsp3) is 0.176. The highest BCUT2D eigenvalue weighted by Crippen LogP contribution is 2.44. The number of fused-ring (bicyclic) bond motifs is 2.